The quantitative estimate of drug-likeness (QED) is 0.0946. The van der Waals surface area contributed by atoms with Crippen LogP contribution in [0, 0.1) is 0 Å². The molecule has 2 aromatic carbocycles. The summed E-state index contributed by atoms with van der Waals surface area (Å²) in [5.41, 5.74) is -1.25. The Morgan fingerprint density at radius 2 is 1.36 bits per heavy atom. The van der Waals surface area contributed by atoms with Crippen LogP contribution in [0.2, 0.25) is 0 Å². The van der Waals surface area contributed by atoms with E-state index in [9.17, 15) is 66.1 Å². The standard InChI is InChI=1S/C34H42O21/c1-10-20(39)30(54-33-26(45)24(43)21(40)17(8-35)52-33)28(47)32(50-10)49-9-18-22(41)25(44)27(46)34(53-18)55-31-23(42)19-14(38)6-12(36)7-16(19)51-29(31)11-3-4-13(37)15(5-11)48-2/h3-7,10,17-18,20-22,24-28,30,32-41,43-47H,8-9H2,1-2H3/t10-,17+,18+,20-,21+,22+,24-,25-,26+,27+,28+,30+,32+,33-,34-/m0/s1. The fourth-order valence-electron chi connectivity index (χ4n) is 6.47. The van der Waals surface area contributed by atoms with Crippen molar-refractivity contribution in [3.63, 3.8) is 0 Å². The molecule has 12 N–H and O–H groups in total. The van der Waals surface area contributed by atoms with E-state index in [-0.39, 0.29) is 28.4 Å². The fraction of sp³-hybridized carbons (Fsp3) is 0.559. The van der Waals surface area contributed by atoms with E-state index in [0.717, 1.165) is 12.1 Å². The fourth-order valence-corrected chi connectivity index (χ4v) is 6.47. The minimum atomic E-state index is -2.03. The number of aliphatic hydroxyl groups excluding tert-OH is 9. The summed E-state index contributed by atoms with van der Waals surface area (Å²) in [5, 5.41) is 125. The van der Waals surface area contributed by atoms with Crippen LogP contribution in [-0.4, -0.2) is 174 Å². The van der Waals surface area contributed by atoms with Gasteiger partial charge in [-0.2, -0.15) is 0 Å². The first-order valence-electron chi connectivity index (χ1n) is 16.9. The molecule has 3 saturated heterocycles. The molecule has 0 radical (unpaired) electrons. The smallest absolute Gasteiger partial charge is 0.239 e. The van der Waals surface area contributed by atoms with Gasteiger partial charge in [0.1, 0.15) is 89.6 Å². The Kier molecular flexibility index (Phi) is 12.1. The summed E-state index contributed by atoms with van der Waals surface area (Å²) < 4.78 is 44.7. The van der Waals surface area contributed by atoms with E-state index < -0.39 is 133 Å². The zero-order valence-corrected chi connectivity index (χ0v) is 29.0. The van der Waals surface area contributed by atoms with Crippen molar-refractivity contribution in [2.75, 3.05) is 20.3 Å². The number of hydrogen-bond donors (Lipinski definition) is 12. The second kappa shape index (κ2) is 16.3. The lowest BCUT2D eigenvalue weighted by Crippen LogP contribution is -2.64. The van der Waals surface area contributed by atoms with Gasteiger partial charge in [-0.3, -0.25) is 4.79 Å². The minimum Gasteiger partial charge on any atom is -0.508 e. The van der Waals surface area contributed by atoms with Gasteiger partial charge in [-0.15, -0.1) is 0 Å². The van der Waals surface area contributed by atoms with Crippen molar-refractivity contribution < 1.29 is 98.9 Å². The molecule has 3 fully saturated rings. The van der Waals surface area contributed by atoms with Crippen molar-refractivity contribution >= 4 is 11.0 Å². The number of phenolic OH excluding ortho intramolecular Hbond substituents is 3. The largest absolute Gasteiger partial charge is 0.508 e. The lowest BCUT2D eigenvalue weighted by Gasteiger charge is -2.46. The number of ether oxygens (including phenoxy) is 7. The number of rotatable bonds is 10. The van der Waals surface area contributed by atoms with Gasteiger partial charge >= 0.3 is 0 Å². The van der Waals surface area contributed by atoms with E-state index in [2.05, 4.69) is 0 Å². The molecule has 15 atom stereocenters. The molecular weight excluding hydrogens is 744 g/mol. The van der Waals surface area contributed by atoms with Crippen molar-refractivity contribution in [1.29, 1.82) is 0 Å². The van der Waals surface area contributed by atoms with Gasteiger partial charge in [0.15, 0.2) is 29.8 Å². The zero-order valence-electron chi connectivity index (χ0n) is 29.0. The molecule has 3 aliphatic heterocycles. The predicted molar refractivity (Wildman–Crippen MR) is 178 cm³/mol. The van der Waals surface area contributed by atoms with Crippen molar-refractivity contribution in [2.24, 2.45) is 0 Å². The Bertz CT molecular complexity index is 1870. The Hall–Kier alpha value is -3.91. The summed E-state index contributed by atoms with van der Waals surface area (Å²) in [6.07, 6.45) is -25.8. The predicted octanol–water partition coefficient (Wildman–Crippen LogP) is -3.56. The number of aromatic hydroxyl groups is 3. The molecule has 55 heavy (non-hydrogen) atoms. The third-order valence-corrected chi connectivity index (χ3v) is 9.61. The summed E-state index contributed by atoms with van der Waals surface area (Å²) in [6.45, 7) is -0.106. The number of aliphatic hydroxyl groups is 9. The zero-order chi connectivity index (χ0) is 40.0. The Labute approximate surface area is 309 Å². The molecule has 304 valence electrons. The van der Waals surface area contributed by atoms with Gasteiger partial charge in [0.2, 0.25) is 17.5 Å². The van der Waals surface area contributed by atoms with Crippen molar-refractivity contribution in [2.45, 2.75) is 99.0 Å². The van der Waals surface area contributed by atoms with Crippen molar-refractivity contribution in [3.05, 3.63) is 40.6 Å². The van der Waals surface area contributed by atoms with Crippen LogP contribution in [0.25, 0.3) is 22.3 Å². The maximum atomic E-state index is 13.9. The molecule has 0 aliphatic carbocycles. The van der Waals surface area contributed by atoms with Gasteiger partial charge in [-0.25, -0.2) is 0 Å². The van der Waals surface area contributed by atoms with Crippen LogP contribution < -0.4 is 14.9 Å². The molecule has 0 bridgehead atoms. The highest BCUT2D eigenvalue weighted by atomic mass is 16.7. The third kappa shape index (κ3) is 7.77. The van der Waals surface area contributed by atoms with Crippen LogP contribution in [0.15, 0.2) is 39.5 Å². The van der Waals surface area contributed by atoms with Crippen molar-refractivity contribution in [3.8, 4) is 40.1 Å². The summed E-state index contributed by atoms with van der Waals surface area (Å²) in [5.74, 6) is -2.53. The van der Waals surface area contributed by atoms with Crippen LogP contribution in [0.3, 0.4) is 0 Å². The number of phenols is 3. The van der Waals surface area contributed by atoms with E-state index in [1.54, 1.807) is 0 Å². The number of methoxy groups -OCH3 is 1. The summed E-state index contributed by atoms with van der Waals surface area (Å²) in [6, 6.07) is 5.70. The first kappa shape index (κ1) is 40.7. The molecule has 3 aromatic rings. The monoisotopic (exact) mass is 786 g/mol. The molecule has 6 rings (SSSR count). The maximum absolute atomic E-state index is 13.9. The van der Waals surface area contributed by atoms with E-state index in [1.165, 1.54) is 32.2 Å². The van der Waals surface area contributed by atoms with Crippen LogP contribution in [0.5, 0.6) is 28.7 Å². The molecule has 0 saturated carbocycles. The number of benzene rings is 2. The Morgan fingerprint density at radius 3 is 2.04 bits per heavy atom. The maximum Gasteiger partial charge on any atom is 0.239 e. The first-order valence-corrected chi connectivity index (χ1v) is 16.9. The molecule has 0 amide bonds. The van der Waals surface area contributed by atoms with E-state index >= 15 is 0 Å². The van der Waals surface area contributed by atoms with Gasteiger partial charge in [0.05, 0.1) is 26.4 Å². The summed E-state index contributed by atoms with van der Waals surface area (Å²) in [4.78, 5) is 13.9. The van der Waals surface area contributed by atoms with Gasteiger partial charge in [-0.05, 0) is 25.1 Å². The van der Waals surface area contributed by atoms with Crippen LogP contribution >= 0.6 is 0 Å². The highest BCUT2D eigenvalue weighted by Gasteiger charge is 2.51. The van der Waals surface area contributed by atoms with Gasteiger partial charge in [0.25, 0.3) is 0 Å². The summed E-state index contributed by atoms with van der Waals surface area (Å²) in [7, 11) is 1.26. The van der Waals surface area contributed by atoms with Crippen molar-refractivity contribution in [1.82, 2.24) is 0 Å². The topological polar surface area (TPSA) is 338 Å². The normalized spacial score (nSPS) is 36.8. The Morgan fingerprint density at radius 1 is 0.709 bits per heavy atom. The molecular formula is C34H42O21. The highest BCUT2D eigenvalue weighted by Crippen LogP contribution is 2.40. The lowest BCUT2D eigenvalue weighted by molar-refractivity contribution is -0.361. The van der Waals surface area contributed by atoms with Gasteiger partial charge < -0.3 is 98.9 Å². The van der Waals surface area contributed by atoms with Crippen LogP contribution in [-0.2, 0) is 23.7 Å². The second-order valence-electron chi connectivity index (χ2n) is 13.3. The number of fused-ring (bicyclic) bond motifs is 1. The number of hydrogen-bond acceptors (Lipinski definition) is 21. The van der Waals surface area contributed by atoms with E-state index in [0.29, 0.717) is 0 Å². The van der Waals surface area contributed by atoms with E-state index in [4.69, 9.17) is 37.6 Å². The van der Waals surface area contributed by atoms with Crippen LogP contribution in [0.4, 0.5) is 0 Å². The first-order chi connectivity index (χ1) is 26.1. The van der Waals surface area contributed by atoms with E-state index in [1.807, 2.05) is 0 Å². The minimum absolute atomic E-state index is 0.0514. The second-order valence-corrected chi connectivity index (χ2v) is 13.3. The third-order valence-electron chi connectivity index (χ3n) is 9.61. The molecule has 0 unspecified atom stereocenters. The molecule has 21 nitrogen and oxygen atoms in total. The molecule has 21 heteroatoms. The average molecular weight is 787 g/mol. The van der Waals surface area contributed by atoms with Gasteiger partial charge in [0, 0.05) is 17.7 Å². The highest BCUT2D eigenvalue weighted by molar-refractivity contribution is 5.88. The lowest BCUT2D eigenvalue weighted by atomic mass is 9.97. The SMILES string of the molecule is COc1cc(-c2oc3cc(O)cc(O)c3c(=O)c2O[C@@H]2O[C@H](CO[C@@H]3O[C@@H](C)[C@H](O)[C@@H](O[C@@H]4O[C@H](CO)[C@@H](O)[C@H](O)[C@H]4O)[C@H]3O)[C@@H](O)[C@H](O)[C@H]2O)ccc1O. The van der Waals surface area contributed by atoms with Gasteiger partial charge in [-0.1, -0.05) is 0 Å². The summed E-state index contributed by atoms with van der Waals surface area (Å²) >= 11 is 0. The molecule has 0 spiro atoms. The molecule has 4 heterocycles. The average Bonchev–Trinajstić information content (AvgIpc) is 3.15. The molecule has 3 aliphatic rings. The van der Waals surface area contributed by atoms with Crippen LogP contribution in [0.1, 0.15) is 6.92 Å². The molecule has 1 aromatic heterocycles. The Balaban J connectivity index is 1.24.